The quantitative estimate of drug-likeness (QED) is 0.414. The van der Waals surface area contributed by atoms with Gasteiger partial charge < -0.3 is 14.5 Å². The minimum absolute atomic E-state index is 0.0837. The molecular weight excluding hydrogens is 405 g/mol. The number of nitro groups is 1. The third-order valence-corrected chi connectivity index (χ3v) is 4.30. The monoisotopic (exact) mass is 419 g/mol. The molecule has 1 aliphatic heterocycles. The van der Waals surface area contributed by atoms with E-state index >= 15 is 0 Å². The van der Waals surface area contributed by atoms with Crippen molar-refractivity contribution in [2.45, 2.75) is 0 Å². The first-order chi connectivity index (χ1) is 10.4. The van der Waals surface area contributed by atoms with Gasteiger partial charge in [0.05, 0.1) is 15.6 Å². The molecule has 0 unspecified atom stereocenters. The fraction of sp³-hybridized carbons (Fsp3) is 0.385. The molecule has 8 nitrogen and oxygen atoms in total. The zero-order chi connectivity index (χ0) is 16.3. The first-order valence-corrected chi connectivity index (χ1v) is 7.58. The van der Waals surface area contributed by atoms with Crippen molar-refractivity contribution in [3.63, 3.8) is 0 Å². The van der Waals surface area contributed by atoms with Crippen molar-refractivity contribution in [1.29, 1.82) is 0 Å². The molecule has 0 bridgehead atoms. The third kappa shape index (κ3) is 3.46. The summed E-state index contributed by atoms with van der Waals surface area (Å²) in [5.41, 5.74) is 0.193. The van der Waals surface area contributed by atoms with E-state index in [2.05, 4.69) is 4.74 Å². The van der Waals surface area contributed by atoms with Crippen molar-refractivity contribution in [2.75, 3.05) is 33.3 Å². The fourth-order valence-electron chi connectivity index (χ4n) is 2.19. The minimum Gasteiger partial charge on any atom is -0.453 e. The van der Waals surface area contributed by atoms with E-state index in [0.29, 0.717) is 29.7 Å². The predicted molar refractivity (Wildman–Crippen MR) is 85.7 cm³/mol. The van der Waals surface area contributed by atoms with E-state index in [1.807, 2.05) is 22.6 Å². The molecule has 2 rings (SSSR count). The fourth-order valence-corrected chi connectivity index (χ4v) is 2.72. The maximum Gasteiger partial charge on any atom is 0.409 e. The lowest BCUT2D eigenvalue weighted by Gasteiger charge is -2.33. The Kier molecular flexibility index (Phi) is 5.16. The number of piperazine rings is 1. The highest BCUT2D eigenvalue weighted by molar-refractivity contribution is 14.1. The molecule has 118 valence electrons. The zero-order valence-electron chi connectivity index (χ0n) is 11.8. The lowest BCUT2D eigenvalue weighted by Crippen LogP contribution is -2.50. The van der Waals surface area contributed by atoms with Crippen LogP contribution in [0.1, 0.15) is 10.4 Å². The lowest BCUT2D eigenvalue weighted by atomic mass is 10.1. The molecule has 0 N–H and O–H groups in total. The standard InChI is InChI=1S/C13H14IN3O5/c1-22-13(19)16-6-4-15(5-7-16)12(18)9-2-3-10(14)11(8-9)17(20)21/h2-3,8H,4-7H2,1H3. The average Bonchev–Trinajstić information content (AvgIpc) is 2.53. The Labute approximate surface area is 140 Å². The van der Waals surface area contributed by atoms with E-state index in [4.69, 9.17) is 0 Å². The van der Waals surface area contributed by atoms with Crippen LogP contribution in [0, 0.1) is 13.7 Å². The highest BCUT2D eigenvalue weighted by Gasteiger charge is 2.26. The summed E-state index contributed by atoms with van der Waals surface area (Å²) in [7, 11) is 1.31. The highest BCUT2D eigenvalue weighted by Crippen LogP contribution is 2.23. The van der Waals surface area contributed by atoms with Crippen molar-refractivity contribution in [2.24, 2.45) is 0 Å². The molecule has 1 aliphatic rings. The van der Waals surface area contributed by atoms with Crippen molar-refractivity contribution in [1.82, 2.24) is 9.80 Å². The van der Waals surface area contributed by atoms with Gasteiger partial charge in [-0.05, 0) is 34.7 Å². The van der Waals surface area contributed by atoms with Gasteiger partial charge in [-0.1, -0.05) is 0 Å². The Balaban J connectivity index is 2.09. The van der Waals surface area contributed by atoms with Gasteiger partial charge in [-0.15, -0.1) is 0 Å². The second-order valence-corrected chi connectivity index (χ2v) is 5.83. The van der Waals surface area contributed by atoms with Crippen LogP contribution in [-0.2, 0) is 4.74 Å². The highest BCUT2D eigenvalue weighted by atomic mass is 127. The number of amides is 2. The summed E-state index contributed by atoms with van der Waals surface area (Å²) < 4.78 is 5.11. The molecule has 2 amide bonds. The Morgan fingerprint density at radius 3 is 2.36 bits per heavy atom. The molecule has 1 fully saturated rings. The second kappa shape index (κ2) is 6.90. The molecule has 0 spiro atoms. The molecule has 1 saturated heterocycles. The number of ether oxygens (including phenoxy) is 1. The Morgan fingerprint density at radius 2 is 1.82 bits per heavy atom. The van der Waals surface area contributed by atoms with Crippen LogP contribution in [0.25, 0.3) is 0 Å². The molecule has 9 heteroatoms. The van der Waals surface area contributed by atoms with Crippen LogP contribution in [0.15, 0.2) is 18.2 Å². The van der Waals surface area contributed by atoms with Gasteiger partial charge in [-0.25, -0.2) is 4.79 Å². The summed E-state index contributed by atoms with van der Waals surface area (Å²) in [6, 6.07) is 4.41. The molecule has 22 heavy (non-hydrogen) atoms. The summed E-state index contributed by atoms with van der Waals surface area (Å²) in [5.74, 6) is -0.274. The van der Waals surface area contributed by atoms with Gasteiger partial charge in [0.1, 0.15) is 0 Å². The molecule has 0 saturated carbocycles. The number of benzene rings is 1. The number of halogens is 1. The Morgan fingerprint density at radius 1 is 1.23 bits per heavy atom. The number of hydrogen-bond donors (Lipinski definition) is 0. The summed E-state index contributed by atoms with van der Waals surface area (Å²) in [5, 5.41) is 10.9. The van der Waals surface area contributed by atoms with Gasteiger partial charge in [0.15, 0.2) is 0 Å². The first kappa shape index (κ1) is 16.5. The number of nitrogens with zero attached hydrogens (tertiary/aromatic N) is 3. The predicted octanol–water partition coefficient (Wildman–Crippen LogP) is 1.72. The topological polar surface area (TPSA) is 93.0 Å². The lowest BCUT2D eigenvalue weighted by molar-refractivity contribution is -0.385. The molecule has 0 radical (unpaired) electrons. The van der Waals surface area contributed by atoms with Crippen LogP contribution in [0.5, 0.6) is 0 Å². The molecule has 0 aromatic heterocycles. The van der Waals surface area contributed by atoms with Crippen molar-refractivity contribution >= 4 is 40.3 Å². The van der Waals surface area contributed by atoms with Crippen molar-refractivity contribution in [3.8, 4) is 0 Å². The number of methoxy groups -OCH3 is 1. The summed E-state index contributed by atoms with van der Waals surface area (Å²) >= 11 is 1.86. The van der Waals surface area contributed by atoms with Gasteiger partial charge in [0.2, 0.25) is 0 Å². The van der Waals surface area contributed by atoms with Gasteiger partial charge in [0, 0.05) is 37.8 Å². The molecule has 1 aromatic carbocycles. The summed E-state index contributed by atoms with van der Waals surface area (Å²) in [6.45, 7) is 1.50. The van der Waals surface area contributed by atoms with E-state index in [1.54, 1.807) is 17.0 Å². The number of rotatable bonds is 2. The van der Waals surface area contributed by atoms with Crippen LogP contribution in [-0.4, -0.2) is 60.0 Å². The van der Waals surface area contributed by atoms with E-state index in [-0.39, 0.29) is 17.2 Å². The molecule has 1 heterocycles. The van der Waals surface area contributed by atoms with Gasteiger partial charge in [0.25, 0.3) is 11.6 Å². The number of hydrogen-bond acceptors (Lipinski definition) is 5. The zero-order valence-corrected chi connectivity index (χ0v) is 14.0. The molecule has 1 aromatic rings. The number of carbonyl (C=O) groups is 2. The van der Waals surface area contributed by atoms with Gasteiger partial charge in [-0.3, -0.25) is 14.9 Å². The van der Waals surface area contributed by atoms with Gasteiger partial charge in [-0.2, -0.15) is 0 Å². The van der Waals surface area contributed by atoms with E-state index in [9.17, 15) is 19.7 Å². The Hall–Kier alpha value is -1.91. The van der Waals surface area contributed by atoms with Crippen LogP contribution in [0.4, 0.5) is 10.5 Å². The summed E-state index contributed by atoms with van der Waals surface area (Å²) in [4.78, 5) is 37.3. The minimum atomic E-state index is -0.506. The van der Waals surface area contributed by atoms with E-state index in [0.717, 1.165) is 0 Å². The van der Waals surface area contributed by atoms with Crippen LogP contribution in [0.2, 0.25) is 0 Å². The first-order valence-electron chi connectivity index (χ1n) is 6.50. The number of nitro benzene ring substituents is 1. The second-order valence-electron chi connectivity index (χ2n) is 4.67. The summed E-state index contributed by atoms with van der Waals surface area (Å²) in [6.07, 6.45) is -0.419. The average molecular weight is 419 g/mol. The van der Waals surface area contributed by atoms with Crippen LogP contribution < -0.4 is 0 Å². The maximum atomic E-state index is 12.4. The smallest absolute Gasteiger partial charge is 0.409 e. The van der Waals surface area contributed by atoms with E-state index in [1.165, 1.54) is 18.1 Å². The largest absolute Gasteiger partial charge is 0.453 e. The van der Waals surface area contributed by atoms with Crippen LogP contribution >= 0.6 is 22.6 Å². The number of carbonyl (C=O) groups excluding carboxylic acids is 2. The normalized spacial score (nSPS) is 14.6. The third-order valence-electron chi connectivity index (χ3n) is 3.39. The van der Waals surface area contributed by atoms with Gasteiger partial charge >= 0.3 is 6.09 Å². The van der Waals surface area contributed by atoms with Crippen molar-refractivity contribution < 1.29 is 19.2 Å². The van der Waals surface area contributed by atoms with Crippen molar-refractivity contribution in [3.05, 3.63) is 37.4 Å². The van der Waals surface area contributed by atoms with Crippen LogP contribution in [0.3, 0.4) is 0 Å². The molecule has 0 atom stereocenters. The maximum absolute atomic E-state index is 12.4. The SMILES string of the molecule is COC(=O)N1CCN(C(=O)c2ccc(I)c([N+](=O)[O-])c2)CC1. The Bertz CT molecular complexity index is 614. The van der Waals surface area contributed by atoms with E-state index < -0.39 is 11.0 Å². The molecular formula is C13H14IN3O5. The molecule has 0 aliphatic carbocycles.